The quantitative estimate of drug-likeness (QED) is 0.645. The third kappa shape index (κ3) is 2.88. The Balaban J connectivity index is 1.41. The number of hydrogen-bond donors (Lipinski definition) is 0. The van der Waals surface area contributed by atoms with Crippen molar-refractivity contribution in [3.8, 4) is 0 Å². The molecule has 2 fully saturated rings. The van der Waals surface area contributed by atoms with Crippen molar-refractivity contribution in [2.75, 3.05) is 18.0 Å². The highest BCUT2D eigenvalue weighted by molar-refractivity contribution is 7.98. The summed E-state index contributed by atoms with van der Waals surface area (Å²) >= 11 is 1.62. The highest BCUT2D eigenvalue weighted by Crippen LogP contribution is 2.41. The lowest BCUT2D eigenvalue weighted by Gasteiger charge is -2.17. The Kier molecular flexibility index (Phi) is 3.92. The molecule has 4 heterocycles. The van der Waals surface area contributed by atoms with Gasteiger partial charge in [0.15, 0.2) is 5.16 Å². The largest absolute Gasteiger partial charge is 0.341 e. The van der Waals surface area contributed by atoms with Crippen molar-refractivity contribution < 1.29 is 0 Å². The fraction of sp³-hybridized carbons (Fsp3) is 0.444. The van der Waals surface area contributed by atoms with E-state index in [2.05, 4.69) is 24.6 Å². The van der Waals surface area contributed by atoms with Gasteiger partial charge in [-0.15, -0.1) is 10.2 Å². The Bertz CT molecular complexity index is 1000. The first-order valence-corrected chi connectivity index (χ1v) is 10.1. The summed E-state index contributed by atoms with van der Waals surface area (Å²) in [6.07, 6.45) is 6.59. The van der Waals surface area contributed by atoms with E-state index < -0.39 is 0 Å². The number of rotatable bonds is 5. The lowest BCUT2D eigenvalue weighted by Crippen LogP contribution is -2.22. The highest BCUT2D eigenvalue weighted by Gasteiger charge is 2.32. The van der Waals surface area contributed by atoms with E-state index in [9.17, 15) is 4.79 Å². The molecule has 1 saturated heterocycles. The molecule has 3 aromatic heterocycles. The molecule has 0 amide bonds. The van der Waals surface area contributed by atoms with Crippen LogP contribution in [0, 0.1) is 0 Å². The molecular weight excluding hydrogens is 348 g/mol. The van der Waals surface area contributed by atoms with Crippen molar-refractivity contribution in [2.45, 2.75) is 42.6 Å². The van der Waals surface area contributed by atoms with E-state index in [1.807, 2.05) is 18.2 Å². The zero-order valence-corrected chi connectivity index (χ0v) is 15.2. The van der Waals surface area contributed by atoms with Crippen molar-refractivity contribution in [1.29, 1.82) is 0 Å². The first-order valence-electron chi connectivity index (χ1n) is 9.09. The maximum Gasteiger partial charge on any atom is 0.258 e. The normalized spacial score (nSPS) is 17.3. The molecule has 0 radical (unpaired) electrons. The molecule has 3 aromatic rings. The molecule has 0 bridgehead atoms. The number of hydrogen-bond acceptors (Lipinski definition) is 6. The molecule has 0 spiro atoms. The number of fused-ring (bicyclic) bond motifs is 1. The van der Waals surface area contributed by atoms with Crippen LogP contribution >= 0.6 is 11.8 Å². The minimum absolute atomic E-state index is 0.0485. The maximum absolute atomic E-state index is 12.2. The molecule has 0 N–H and O–H groups in total. The lowest BCUT2D eigenvalue weighted by atomic mass is 10.4. The predicted molar refractivity (Wildman–Crippen MR) is 101 cm³/mol. The van der Waals surface area contributed by atoms with Crippen LogP contribution in [0.1, 0.15) is 37.4 Å². The molecule has 5 rings (SSSR count). The molecule has 1 saturated carbocycles. The Morgan fingerprint density at radius 3 is 2.81 bits per heavy atom. The second-order valence-electron chi connectivity index (χ2n) is 6.88. The van der Waals surface area contributed by atoms with Crippen LogP contribution in [0.5, 0.6) is 0 Å². The van der Waals surface area contributed by atoms with Crippen molar-refractivity contribution in [1.82, 2.24) is 24.1 Å². The van der Waals surface area contributed by atoms with Crippen molar-refractivity contribution in [3.63, 3.8) is 0 Å². The van der Waals surface area contributed by atoms with Gasteiger partial charge in [-0.3, -0.25) is 13.8 Å². The second kappa shape index (κ2) is 6.42. The maximum atomic E-state index is 12.2. The van der Waals surface area contributed by atoms with E-state index in [0.29, 0.717) is 17.4 Å². The third-order valence-electron chi connectivity index (χ3n) is 4.92. The minimum atomic E-state index is -0.0485. The molecule has 2 aliphatic rings. The van der Waals surface area contributed by atoms with Crippen LogP contribution in [0.4, 0.5) is 5.95 Å². The van der Waals surface area contributed by atoms with Gasteiger partial charge in [0, 0.05) is 37.1 Å². The summed E-state index contributed by atoms with van der Waals surface area (Å²) < 4.78 is 3.86. The zero-order valence-electron chi connectivity index (χ0n) is 14.4. The summed E-state index contributed by atoms with van der Waals surface area (Å²) in [5, 5.41) is 9.85. The molecule has 0 aromatic carbocycles. The van der Waals surface area contributed by atoms with Crippen molar-refractivity contribution in [3.05, 3.63) is 46.5 Å². The van der Waals surface area contributed by atoms with E-state index >= 15 is 0 Å². The lowest BCUT2D eigenvalue weighted by molar-refractivity contribution is 0.651. The average molecular weight is 368 g/mol. The summed E-state index contributed by atoms with van der Waals surface area (Å²) in [5.41, 5.74) is 1.41. The van der Waals surface area contributed by atoms with E-state index in [1.165, 1.54) is 25.7 Å². The fourth-order valence-corrected chi connectivity index (χ4v) is 4.36. The highest BCUT2D eigenvalue weighted by atomic mass is 32.2. The second-order valence-corrected chi connectivity index (χ2v) is 7.82. The Labute approximate surface area is 155 Å². The van der Waals surface area contributed by atoms with E-state index in [1.54, 1.807) is 28.4 Å². The van der Waals surface area contributed by atoms with E-state index in [0.717, 1.165) is 29.9 Å². The van der Waals surface area contributed by atoms with Gasteiger partial charge in [0.1, 0.15) is 5.65 Å². The van der Waals surface area contributed by atoms with Gasteiger partial charge in [-0.1, -0.05) is 17.8 Å². The molecule has 134 valence electrons. The monoisotopic (exact) mass is 368 g/mol. The Morgan fingerprint density at radius 1 is 1.15 bits per heavy atom. The Morgan fingerprint density at radius 2 is 2.00 bits per heavy atom. The van der Waals surface area contributed by atoms with Gasteiger partial charge in [0.25, 0.3) is 5.56 Å². The van der Waals surface area contributed by atoms with Crippen molar-refractivity contribution >= 4 is 23.4 Å². The average Bonchev–Trinajstić information content (AvgIpc) is 3.18. The van der Waals surface area contributed by atoms with Gasteiger partial charge in [0.05, 0.1) is 5.69 Å². The molecule has 1 aliphatic carbocycles. The third-order valence-corrected chi connectivity index (χ3v) is 5.90. The fourth-order valence-electron chi connectivity index (χ4n) is 3.47. The number of nitrogens with zero attached hydrogens (tertiary/aromatic N) is 6. The van der Waals surface area contributed by atoms with Gasteiger partial charge >= 0.3 is 0 Å². The molecule has 7 nitrogen and oxygen atoms in total. The molecule has 26 heavy (non-hydrogen) atoms. The van der Waals surface area contributed by atoms with E-state index in [-0.39, 0.29) is 5.56 Å². The van der Waals surface area contributed by atoms with E-state index in [4.69, 9.17) is 0 Å². The molecule has 1 aliphatic heterocycles. The standard InChI is InChI=1S/C18H20N6OS/c25-16-11-13(19-15-5-1-2-10-23(15)16)12-26-18-21-20-17(22-8-3-4-9-22)24(18)14-6-7-14/h1-2,5,10-11,14H,3-4,6-9,12H2. The van der Waals surface area contributed by atoms with Gasteiger partial charge in [-0.2, -0.15) is 0 Å². The number of thioether (sulfide) groups is 1. The summed E-state index contributed by atoms with van der Waals surface area (Å²) in [6.45, 7) is 2.14. The summed E-state index contributed by atoms with van der Waals surface area (Å²) in [4.78, 5) is 19.2. The summed E-state index contributed by atoms with van der Waals surface area (Å²) in [5.74, 6) is 1.63. The number of aromatic nitrogens is 5. The summed E-state index contributed by atoms with van der Waals surface area (Å²) in [7, 11) is 0. The zero-order chi connectivity index (χ0) is 17.5. The van der Waals surface area contributed by atoms with Crippen molar-refractivity contribution in [2.24, 2.45) is 0 Å². The van der Waals surface area contributed by atoms with Crippen LogP contribution < -0.4 is 10.5 Å². The molecule has 0 atom stereocenters. The van der Waals surface area contributed by atoms with Crippen LogP contribution in [0.15, 0.2) is 40.4 Å². The smallest absolute Gasteiger partial charge is 0.258 e. The first-order chi connectivity index (χ1) is 12.8. The van der Waals surface area contributed by atoms with Crippen LogP contribution in [0.2, 0.25) is 0 Å². The van der Waals surface area contributed by atoms with Crippen LogP contribution in [0.3, 0.4) is 0 Å². The predicted octanol–water partition coefficient (Wildman–Crippen LogP) is 2.51. The molecule has 8 heteroatoms. The van der Waals surface area contributed by atoms with Crippen LogP contribution in [0.25, 0.3) is 5.65 Å². The SMILES string of the molecule is O=c1cc(CSc2nnc(N3CCCC3)n2C2CC2)nc2ccccn12. The first kappa shape index (κ1) is 15.9. The summed E-state index contributed by atoms with van der Waals surface area (Å²) in [6, 6.07) is 7.72. The molecule has 0 unspecified atom stereocenters. The molecular formula is C18H20N6OS. The van der Waals surface area contributed by atoms with Gasteiger partial charge in [-0.05, 0) is 37.8 Å². The minimum Gasteiger partial charge on any atom is -0.341 e. The van der Waals surface area contributed by atoms with Gasteiger partial charge in [0.2, 0.25) is 5.95 Å². The van der Waals surface area contributed by atoms with Crippen LogP contribution in [-0.2, 0) is 5.75 Å². The van der Waals surface area contributed by atoms with Gasteiger partial charge < -0.3 is 4.90 Å². The van der Waals surface area contributed by atoms with Gasteiger partial charge in [-0.25, -0.2) is 4.98 Å². The Hall–Kier alpha value is -2.35. The van der Waals surface area contributed by atoms with Crippen LogP contribution in [-0.4, -0.2) is 37.2 Å². The topological polar surface area (TPSA) is 68.3 Å². The number of anilines is 1. The number of pyridine rings is 1.